The molecule has 0 radical (unpaired) electrons. The molecule has 0 aliphatic heterocycles. The van der Waals surface area contributed by atoms with Crippen molar-refractivity contribution in [1.29, 1.82) is 0 Å². The van der Waals surface area contributed by atoms with Gasteiger partial charge in [-0.2, -0.15) is 0 Å². The number of likely N-dealkylation sites (N-methyl/N-ethyl adjacent to an activating group) is 1. The SMILES string of the molecule is C=CCN(C)C(=O)[C@@H](C)C1CC[C@@]2(C)Cc3sc(NC(=O)c4ccc(OC)cc4)nc3[C@@H](C)[C@@H]2[C@H]1O. The number of methoxy groups -OCH3 is 1. The van der Waals surface area contributed by atoms with Crippen molar-refractivity contribution in [3.05, 3.63) is 53.1 Å². The highest BCUT2D eigenvalue weighted by molar-refractivity contribution is 7.15. The summed E-state index contributed by atoms with van der Waals surface area (Å²) in [5.74, 6) is 0.183. The van der Waals surface area contributed by atoms with Crippen LogP contribution < -0.4 is 10.1 Å². The summed E-state index contributed by atoms with van der Waals surface area (Å²) in [6.45, 7) is 10.5. The van der Waals surface area contributed by atoms with E-state index in [1.807, 2.05) is 6.92 Å². The molecule has 2 aliphatic carbocycles. The number of benzene rings is 1. The normalized spacial score (nSPS) is 27.8. The number of aliphatic hydroxyl groups is 1. The number of carbonyl (C=O) groups excluding carboxylic acids is 2. The summed E-state index contributed by atoms with van der Waals surface area (Å²) in [6, 6.07) is 6.97. The van der Waals surface area contributed by atoms with Crippen molar-refractivity contribution < 1.29 is 19.4 Å². The van der Waals surface area contributed by atoms with Gasteiger partial charge in [0, 0.05) is 35.9 Å². The van der Waals surface area contributed by atoms with Gasteiger partial charge in [-0.1, -0.05) is 26.8 Å². The number of aromatic nitrogens is 1. The van der Waals surface area contributed by atoms with Gasteiger partial charge in [0.2, 0.25) is 5.91 Å². The van der Waals surface area contributed by atoms with Crippen LogP contribution >= 0.6 is 11.3 Å². The van der Waals surface area contributed by atoms with Crippen LogP contribution in [0.25, 0.3) is 0 Å². The first-order valence-electron chi connectivity index (χ1n) is 12.6. The quantitative estimate of drug-likeness (QED) is 0.524. The highest BCUT2D eigenvalue weighted by Crippen LogP contribution is 2.57. The van der Waals surface area contributed by atoms with Crippen LogP contribution in [0, 0.1) is 23.2 Å². The summed E-state index contributed by atoms with van der Waals surface area (Å²) in [5.41, 5.74) is 1.41. The van der Waals surface area contributed by atoms with Gasteiger partial charge >= 0.3 is 0 Å². The molecule has 4 rings (SSSR count). The van der Waals surface area contributed by atoms with Crippen molar-refractivity contribution in [2.75, 3.05) is 26.0 Å². The molecule has 1 aromatic heterocycles. The van der Waals surface area contributed by atoms with E-state index >= 15 is 0 Å². The van der Waals surface area contributed by atoms with Gasteiger partial charge in [0.05, 0.1) is 18.9 Å². The number of thiazole rings is 1. The fourth-order valence-electron chi connectivity index (χ4n) is 6.33. The summed E-state index contributed by atoms with van der Waals surface area (Å²) in [5, 5.41) is 15.1. The lowest BCUT2D eigenvalue weighted by atomic mass is 9.53. The lowest BCUT2D eigenvalue weighted by molar-refractivity contribution is -0.143. The first kappa shape index (κ1) is 26.4. The third-order valence-corrected chi connectivity index (χ3v) is 9.29. The molecule has 7 nitrogen and oxygen atoms in total. The minimum absolute atomic E-state index is 0.00375. The molecule has 1 unspecified atom stereocenters. The number of hydrogen-bond donors (Lipinski definition) is 2. The molecule has 8 heteroatoms. The first-order chi connectivity index (χ1) is 17.1. The van der Waals surface area contributed by atoms with Crippen LogP contribution in [0.3, 0.4) is 0 Å². The Kier molecular flexibility index (Phi) is 7.57. The highest BCUT2D eigenvalue weighted by atomic mass is 32.1. The number of hydrogen-bond acceptors (Lipinski definition) is 6. The van der Waals surface area contributed by atoms with Crippen LogP contribution in [-0.2, 0) is 11.2 Å². The Hall–Kier alpha value is -2.71. The molecule has 2 aromatic rings. The maximum atomic E-state index is 13.0. The van der Waals surface area contributed by atoms with Gasteiger partial charge in [0.1, 0.15) is 5.75 Å². The van der Waals surface area contributed by atoms with Crippen molar-refractivity contribution in [1.82, 2.24) is 9.88 Å². The van der Waals surface area contributed by atoms with Crippen LogP contribution in [0.4, 0.5) is 5.13 Å². The fraction of sp³-hybridized carbons (Fsp3) is 0.536. The zero-order chi connectivity index (χ0) is 26.2. The summed E-state index contributed by atoms with van der Waals surface area (Å²) in [6.07, 6.45) is 3.69. The minimum Gasteiger partial charge on any atom is -0.497 e. The predicted octanol–water partition coefficient (Wildman–Crippen LogP) is 4.74. The van der Waals surface area contributed by atoms with Crippen LogP contribution in [-0.4, -0.2) is 53.6 Å². The maximum absolute atomic E-state index is 13.0. The molecule has 1 heterocycles. The molecule has 0 bridgehead atoms. The standard InChI is InChI=1S/C28H37N3O4S/c1-7-14-31(5)26(34)16(2)20-12-13-28(4)15-21-23(17(3)22(28)24(20)32)29-27(36-21)30-25(33)18-8-10-19(35-6)11-9-18/h7-11,16-17,20,22,24,32H,1,12-15H2,2-6H3,(H,29,30,33)/t16-,17-,20?,22+,24-,28-/m0/s1. The van der Waals surface area contributed by atoms with Gasteiger partial charge in [-0.25, -0.2) is 4.98 Å². The zero-order valence-electron chi connectivity index (χ0n) is 21.8. The number of nitrogens with zero attached hydrogens (tertiary/aromatic N) is 2. The monoisotopic (exact) mass is 511 g/mol. The Morgan fingerprint density at radius 1 is 1.39 bits per heavy atom. The summed E-state index contributed by atoms with van der Waals surface area (Å²) >= 11 is 1.53. The van der Waals surface area contributed by atoms with Crippen molar-refractivity contribution >= 4 is 28.3 Å². The van der Waals surface area contributed by atoms with Gasteiger partial charge in [0.25, 0.3) is 5.91 Å². The Morgan fingerprint density at radius 3 is 2.72 bits per heavy atom. The van der Waals surface area contributed by atoms with Crippen LogP contribution in [0.2, 0.25) is 0 Å². The second kappa shape index (κ2) is 10.3. The van der Waals surface area contributed by atoms with Gasteiger partial charge in [-0.3, -0.25) is 14.9 Å². The Morgan fingerprint density at radius 2 is 2.08 bits per heavy atom. The molecule has 1 aromatic carbocycles. The van der Waals surface area contributed by atoms with E-state index in [9.17, 15) is 14.7 Å². The third kappa shape index (κ3) is 4.81. The number of nitrogens with one attached hydrogen (secondary N) is 1. The smallest absolute Gasteiger partial charge is 0.257 e. The predicted molar refractivity (Wildman–Crippen MR) is 143 cm³/mol. The minimum atomic E-state index is -0.595. The molecule has 6 atom stereocenters. The van der Waals surface area contributed by atoms with E-state index in [-0.39, 0.29) is 40.9 Å². The number of ether oxygens (including phenoxy) is 1. The lowest BCUT2D eigenvalue weighted by Gasteiger charge is -2.53. The molecular weight excluding hydrogens is 474 g/mol. The molecule has 0 saturated heterocycles. The summed E-state index contributed by atoms with van der Waals surface area (Å²) in [4.78, 5) is 33.4. The average Bonchev–Trinajstić information content (AvgIpc) is 3.25. The van der Waals surface area contributed by atoms with Gasteiger partial charge in [0.15, 0.2) is 5.13 Å². The zero-order valence-corrected chi connectivity index (χ0v) is 22.6. The van der Waals surface area contributed by atoms with Gasteiger partial charge in [-0.05, 0) is 60.8 Å². The van der Waals surface area contributed by atoms with E-state index < -0.39 is 6.10 Å². The second-order valence-electron chi connectivity index (χ2n) is 10.6. The van der Waals surface area contributed by atoms with Crippen LogP contribution in [0.1, 0.15) is 60.5 Å². The topological polar surface area (TPSA) is 91.8 Å². The Labute approximate surface area is 217 Å². The number of aliphatic hydroxyl groups excluding tert-OH is 1. The maximum Gasteiger partial charge on any atom is 0.257 e. The molecular formula is C28H37N3O4S. The van der Waals surface area contributed by atoms with Crippen LogP contribution in [0.15, 0.2) is 36.9 Å². The van der Waals surface area contributed by atoms with Gasteiger partial charge in [-0.15, -0.1) is 17.9 Å². The number of rotatable bonds is 7. The highest BCUT2D eigenvalue weighted by Gasteiger charge is 2.54. The van der Waals surface area contributed by atoms with Crippen LogP contribution in [0.5, 0.6) is 5.75 Å². The Balaban J connectivity index is 1.53. The number of anilines is 1. The summed E-state index contributed by atoms with van der Waals surface area (Å²) in [7, 11) is 3.37. The van der Waals surface area contributed by atoms with E-state index in [1.165, 1.54) is 16.2 Å². The van der Waals surface area contributed by atoms with E-state index in [0.29, 0.717) is 23.0 Å². The number of carbonyl (C=O) groups is 2. The van der Waals surface area contributed by atoms with Crippen molar-refractivity contribution in [3.63, 3.8) is 0 Å². The van der Waals surface area contributed by atoms with Gasteiger partial charge < -0.3 is 14.7 Å². The van der Waals surface area contributed by atoms with Crippen molar-refractivity contribution in [2.24, 2.45) is 23.2 Å². The molecule has 0 spiro atoms. The fourth-order valence-corrected chi connectivity index (χ4v) is 7.59. The molecule has 2 amide bonds. The van der Waals surface area contributed by atoms with E-state index in [1.54, 1.807) is 49.4 Å². The average molecular weight is 512 g/mol. The lowest BCUT2D eigenvalue weighted by Crippen LogP contribution is -2.53. The molecule has 2 N–H and O–H groups in total. The van der Waals surface area contributed by atoms with Crippen molar-refractivity contribution in [3.8, 4) is 5.75 Å². The molecule has 194 valence electrons. The largest absolute Gasteiger partial charge is 0.497 e. The molecule has 2 aliphatic rings. The molecule has 1 saturated carbocycles. The Bertz CT molecular complexity index is 1130. The van der Waals surface area contributed by atoms with Crippen molar-refractivity contribution in [2.45, 2.75) is 52.1 Å². The number of fused-ring (bicyclic) bond motifs is 2. The molecule has 36 heavy (non-hydrogen) atoms. The second-order valence-corrected chi connectivity index (χ2v) is 11.7. The summed E-state index contributed by atoms with van der Waals surface area (Å²) < 4.78 is 5.17. The van der Waals surface area contributed by atoms with E-state index in [2.05, 4.69) is 25.7 Å². The first-order valence-corrected chi connectivity index (χ1v) is 13.4. The van der Waals surface area contributed by atoms with E-state index in [4.69, 9.17) is 9.72 Å². The third-order valence-electron chi connectivity index (χ3n) is 8.31. The number of amides is 2. The molecule has 1 fully saturated rings. The van der Waals surface area contributed by atoms with E-state index in [0.717, 1.165) is 25.0 Å².